The molecule has 104 valence electrons. The van der Waals surface area contributed by atoms with Gasteiger partial charge in [-0.15, -0.1) is 0 Å². The van der Waals surface area contributed by atoms with E-state index in [1.807, 2.05) is 19.1 Å². The molecule has 20 heavy (non-hydrogen) atoms. The molecule has 0 spiro atoms. The van der Waals surface area contributed by atoms with Crippen LogP contribution < -0.4 is 9.47 Å². The number of Topliss-reactive ketones (excluding diaryl/α,β-unsaturated/α-hetero) is 1. The quantitative estimate of drug-likeness (QED) is 0.785. The lowest BCUT2D eigenvalue weighted by Crippen LogP contribution is -2.08. The molecule has 0 N–H and O–H groups in total. The zero-order chi connectivity index (χ0) is 14.5. The summed E-state index contributed by atoms with van der Waals surface area (Å²) in [6.07, 6.45) is 1.94. The van der Waals surface area contributed by atoms with Crippen molar-refractivity contribution >= 4 is 5.78 Å². The minimum Gasteiger partial charge on any atom is -0.493 e. The van der Waals surface area contributed by atoms with Crippen LogP contribution in [0.3, 0.4) is 0 Å². The standard InChI is InChI=1S/C16H17NO3/c1-11-6-5-9-17-13(11)10-14(18)12-7-4-8-15(19-2)16(12)20-3/h4-9H,10H2,1-3H3. The van der Waals surface area contributed by atoms with Crippen LogP contribution in [0, 0.1) is 6.92 Å². The fraction of sp³-hybridized carbons (Fsp3) is 0.250. The second-order valence-corrected chi connectivity index (χ2v) is 4.41. The van der Waals surface area contributed by atoms with Gasteiger partial charge in [-0.3, -0.25) is 9.78 Å². The van der Waals surface area contributed by atoms with Crippen LogP contribution in [-0.4, -0.2) is 25.0 Å². The van der Waals surface area contributed by atoms with Crippen molar-refractivity contribution in [3.05, 3.63) is 53.3 Å². The molecule has 0 aliphatic rings. The number of aryl methyl sites for hydroxylation is 1. The number of benzene rings is 1. The van der Waals surface area contributed by atoms with Crippen LogP contribution in [0.4, 0.5) is 0 Å². The summed E-state index contributed by atoms with van der Waals surface area (Å²) in [6, 6.07) is 9.08. The summed E-state index contributed by atoms with van der Waals surface area (Å²) in [5.74, 6) is 0.979. The normalized spacial score (nSPS) is 10.2. The van der Waals surface area contributed by atoms with Crippen molar-refractivity contribution in [2.45, 2.75) is 13.3 Å². The SMILES string of the molecule is COc1cccc(C(=O)Cc2ncccc2C)c1OC. The number of hydrogen-bond donors (Lipinski definition) is 0. The summed E-state index contributed by atoms with van der Waals surface area (Å²) >= 11 is 0. The molecule has 0 saturated heterocycles. The Labute approximate surface area is 118 Å². The maximum Gasteiger partial charge on any atom is 0.172 e. The molecule has 1 aromatic heterocycles. The van der Waals surface area contributed by atoms with Gasteiger partial charge in [0, 0.05) is 6.20 Å². The lowest BCUT2D eigenvalue weighted by Gasteiger charge is -2.12. The van der Waals surface area contributed by atoms with Gasteiger partial charge in [-0.25, -0.2) is 0 Å². The highest BCUT2D eigenvalue weighted by Gasteiger charge is 2.17. The Balaban J connectivity index is 2.32. The van der Waals surface area contributed by atoms with E-state index in [9.17, 15) is 4.79 Å². The molecule has 0 aliphatic heterocycles. The van der Waals surface area contributed by atoms with Crippen LogP contribution >= 0.6 is 0 Å². The van der Waals surface area contributed by atoms with E-state index in [2.05, 4.69) is 4.98 Å². The zero-order valence-corrected chi connectivity index (χ0v) is 11.8. The number of rotatable bonds is 5. The van der Waals surface area contributed by atoms with Crippen molar-refractivity contribution in [2.24, 2.45) is 0 Å². The monoisotopic (exact) mass is 271 g/mol. The number of ketones is 1. The number of carbonyl (C=O) groups is 1. The maximum atomic E-state index is 12.4. The van der Waals surface area contributed by atoms with Crippen LogP contribution in [0.25, 0.3) is 0 Å². The van der Waals surface area contributed by atoms with Gasteiger partial charge in [-0.2, -0.15) is 0 Å². The van der Waals surface area contributed by atoms with Gasteiger partial charge in [-0.1, -0.05) is 12.1 Å². The highest BCUT2D eigenvalue weighted by molar-refractivity contribution is 6.00. The number of pyridine rings is 1. The average molecular weight is 271 g/mol. The van der Waals surface area contributed by atoms with Gasteiger partial charge < -0.3 is 9.47 Å². The van der Waals surface area contributed by atoms with Crippen LogP contribution in [-0.2, 0) is 6.42 Å². The maximum absolute atomic E-state index is 12.4. The second kappa shape index (κ2) is 6.19. The number of carbonyl (C=O) groups excluding carboxylic acids is 1. The van der Waals surface area contributed by atoms with Gasteiger partial charge >= 0.3 is 0 Å². The third kappa shape index (κ3) is 2.79. The van der Waals surface area contributed by atoms with E-state index in [1.54, 1.807) is 31.5 Å². The molecule has 0 radical (unpaired) electrons. The highest BCUT2D eigenvalue weighted by Crippen LogP contribution is 2.31. The van der Waals surface area contributed by atoms with E-state index in [0.717, 1.165) is 11.3 Å². The first-order valence-electron chi connectivity index (χ1n) is 6.32. The van der Waals surface area contributed by atoms with E-state index in [4.69, 9.17) is 9.47 Å². The second-order valence-electron chi connectivity index (χ2n) is 4.41. The first-order valence-corrected chi connectivity index (χ1v) is 6.32. The summed E-state index contributed by atoms with van der Waals surface area (Å²) in [6.45, 7) is 1.94. The van der Waals surface area contributed by atoms with E-state index < -0.39 is 0 Å². The van der Waals surface area contributed by atoms with E-state index in [-0.39, 0.29) is 12.2 Å². The molecule has 0 unspecified atom stereocenters. The smallest absolute Gasteiger partial charge is 0.172 e. The van der Waals surface area contributed by atoms with Gasteiger partial charge in [-0.05, 0) is 30.7 Å². The number of para-hydroxylation sites is 1. The van der Waals surface area contributed by atoms with Crippen molar-refractivity contribution in [3.8, 4) is 11.5 Å². The number of ether oxygens (including phenoxy) is 2. The lowest BCUT2D eigenvalue weighted by atomic mass is 10.0. The van der Waals surface area contributed by atoms with Crippen molar-refractivity contribution in [1.82, 2.24) is 4.98 Å². The Morgan fingerprint density at radius 3 is 2.60 bits per heavy atom. The fourth-order valence-corrected chi connectivity index (χ4v) is 2.06. The van der Waals surface area contributed by atoms with Crippen LogP contribution in [0.2, 0.25) is 0 Å². The van der Waals surface area contributed by atoms with Gasteiger partial charge in [0.25, 0.3) is 0 Å². The molecule has 1 heterocycles. The molecule has 4 heteroatoms. The molecule has 0 saturated carbocycles. The summed E-state index contributed by atoms with van der Waals surface area (Å²) < 4.78 is 10.5. The first-order chi connectivity index (χ1) is 9.67. The highest BCUT2D eigenvalue weighted by atomic mass is 16.5. The Kier molecular flexibility index (Phi) is 4.35. The molecular formula is C16H17NO3. The van der Waals surface area contributed by atoms with Crippen molar-refractivity contribution in [1.29, 1.82) is 0 Å². The fourth-order valence-electron chi connectivity index (χ4n) is 2.06. The van der Waals surface area contributed by atoms with Crippen molar-refractivity contribution in [3.63, 3.8) is 0 Å². The lowest BCUT2D eigenvalue weighted by molar-refractivity contribution is 0.0988. The van der Waals surface area contributed by atoms with Crippen molar-refractivity contribution in [2.75, 3.05) is 14.2 Å². The average Bonchev–Trinajstić information content (AvgIpc) is 2.48. The predicted octanol–water partition coefficient (Wildman–Crippen LogP) is 2.83. The molecule has 0 fully saturated rings. The van der Waals surface area contributed by atoms with E-state index in [1.165, 1.54) is 7.11 Å². The molecule has 4 nitrogen and oxygen atoms in total. The molecule has 2 aromatic rings. The minimum absolute atomic E-state index is 0.0393. The number of aromatic nitrogens is 1. The molecule has 0 aliphatic carbocycles. The summed E-state index contributed by atoms with van der Waals surface area (Å²) in [4.78, 5) is 16.7. The number of methoxy groups -OCH3 is 2. The molecule has 1 aromatic carbocycles. The summed E-state index contributed by atoms with van der Waals surface area (Å²) in [7, 11) is 3.08. The van der Waals surface area contributed by atoms with Crippen molar-refractivity contribution < 1.29 is 14.3 Å². The summed E-state index contributed by atoms with van der Waals surface area (Å²) in [5, 5.41) is 0. The Morgan fingerprint density at radius 2 is 1.95 bits per heavy atom. The molecule has 0 bridgehead atoms. The Hall–Kier alpha value is -2.36. The molecule has 0 amide bonds. The van der Waals surface area contributed by atoms with E-state index >= 15 is 0 Å². The topological polar surface area (TPSA) is 48.4 Å². The van der Waals surface area contributed by atoms with Gasteiger partial charge in [0.2, 0.25) is 0 Å². The van der Waals surface area contributed by atoms with E-state index in [0.29, 0.717) is 17.1 Å². The third-order valence-corrected chi connectivity index (χ3v) is 3.15. The Morgan fingerprint density at radius 1 is 1.15 bits per heavy atom. The number of hydrogen-bond acceptors (Lipinski definition) is 4. The zero-order valence-electron chi connectivity index (χ0n) is 11.8. The Bertz CT molecular complexity index is 623. The van der Waals surface area contributed by atoms with Crippen LogP contribution in [0.1, 0.15) is 21.6 Å². The predicted molar refractivity (Wildman–Crippen MR) is 76.6 cm³/mol. The first kappa shape index (κ1) is 14.1. The molecule has 0 atom stereocenters. The largest absolute Gasteiger partial charge is 0.493 e. The minimum atomic E-state index is -0.0393. The van der Waals surface area contributed by atoms with Crippen LogP contribution in [0.5, 0.6) is 11.5 Å². The number of nitrogens with zero attached hydrogens (tertiary/aromatic N) is 1. The summed E-state index contributed by atoms with van der Waals surface area (Å²) in [5.41, 5.74) is 2.29. The van der Waals surface area contributed by atoms with Gasteiger partial charge in [0.15, 0.2) is 17.3 Å². The van der Waals surface area contributed by atoms with Gasteiger partial charge in [0.1, 0.15) is 0 Å². The third-order valence-electron chi connectivity index (χ3n) is 3.15. The molecular weight excluding hydrogens is 254 g/mol. The molecule has 2 rings (SSSR count). The van der Waals surface area contributed by atoms with Gasteiger partial charge in [0.05, 0.1) is 31.9 Å². The van der Waals surface area contributed by atoms with Crippen LogP contribution in [0.15, 0.2) is 36.5 Å².